The number of rotatable bonds is 3. The molecule has 1 aliphatic rings. The highest BCUT2D eigenvalue weighted by Crippen LogP contribution is 2.27. The monoisotopic (exact) mass is 333 g/mol. The molecule has 2 heterocycles. The fraction of sp³-hybridized carbons (Fsp3) is 0.333. The van der Waals surface area contributed by atoms with E-state index in [0.29, 0.717) is 0 Å². The lowest BCUT2D eigenvalue weighted by Crippen LogP contribution is -2.35. The normalized spacial score (nSPS) is 17.9. The van der Waals surface area contributed by atoms with Gasteiger partial charge in [-0.3, -0.25) is 4.79 Å². The second-order valence-electron chi connectivity index (χ2n) is 7.02. The first-order valence-corrected chi connectivity index (χ1v) is 8.93. The highest BCUT2D eigenvalue weighted by atomic mass is 16.1. The van der Waals surface area contributed by atoms with Crippen LogP contribution in [0, 0.1) is 12.8 Å². The van der Waals surface area contributed by atoms with E-state index in [1.165, 1.54) is 11.3 Å². The molecule has 128 valence electrons. The minimum Gasteiger partial charge on any atom is -0.349 e. The van der Waals surface area contributed by atoms with E-state index in [0.717, 1.165) is 36.2 Å². The number of aryl methyl sites for hydroxylation is 2. The second-order valence-corrected chi connectivity index (χ2v) is 7.02. The van der Waals surface area contributed by atoms with Crippen molar-refractivity contribution in [2.24, 2.45) is 5.92 Å². The molecule has 4 heteroatoms. The lowest BCUT2D eigenvalue weighted by molar-refractivity contribution is -0.126. The topological polar surface area (TPSA) is 46.4 Å². The van der Waals surface area contributed by atoms with Crippen molar-refractivity contribution in [3.63, 3.8) is 0 Å². The first-order valence-electron chi connectivity index (χ1n) is 8.93. The number of nitrogens with one attached hydrogen (secondary N) is 1. The van der Waals surface area contributed by atoms with E-state index < -0.39 is 0 Å². The Balaban J connectivity index is 1.52. The van der Waals surface area contributed by atoms with Crippen LogP contribution in [0.25, 0.3) is 5.65 Å². The molecule has 25 heavy (non-hydrogen) atoms. The Hall–Kier alpha value is -2.62. The van der Waals surface area contributed by atoms with Crippen LogP contribution in [0.1, 0.15) is 41.9 Å². The standard InChI is InChI=1S/C21H23N3O/c1-14-10-11-24-19-13-17(8-9-18(19)23-20(24)12-14)21(25)22-15(2)16-6-4-3-5-7-16/h3-7,10-12,15,17H,8-9,13H2,1-2H3,(H,22,25). The minimum atomic E-state index is 0.0138. The summed E-state index contributed by atoms with van der Waals surface area (Å²) in [6.45, 7) is 4.12. The van der Waals surface area contributed by atoms with Gasteiger partial charge >= 0.3 is 0 Å². The van der Waals surface area contributed by atoms with Gasteiger partial charge in [0.05, 0.1) is 11.7 Å². The van der Waals surface area contributed by atoms with E-state index >= 15 is 0 Å². The Morgan fingerprint density at radius 2 is 2.08 bits per heavy atom. The molecule has 0 saturated carbocycles. The van der Waals surface area contributed by atoms with Crippen molar-refractivity contribution in [1.29, 1.82) is 0 Å². The van der Waals surface area contributed by atoms with E-state index in [-0.39, 0.29) is 17.9 Å². The predicted molar refractivity (Wildman–Crippen MR) is 98.4 cm³/mol. The molecule has 0 fully saturated rings. The molecule has 2 unspecified atom stereocenters. The summed E-state index contributed by atoms with van der Waals surface area (Å²) in [5, 5.41) is 3.18. The Bertz CT molecular complexity index is 914. The first kappa shape index (κ1) is 15.9. The molecule has 0 aliphatic heterocycles. The van der Waals surface area contributed by atoms with E-state index in [1.54, 1.807) is 0 Å². The zero-order valence-corrected chi connectivity index (χ0v) is 14.7. The molecular weight excluding hydrogens is 310 g/mol. The number of aromatic nitrogens is 2. The molecule has 2 atom stereocenters. The van der Waals surface area contributed by atoms with Gasteiger partial charge in [-0.05, 0) is 49.9 Å². The number of carbonyl (C=O) groups is 1. The van der Waals surface area contributed by atoms with Crippen molar-refractivity contribution in [3.8, 4) is 0 Å². The fourth-order valence-corrected chi connectivity index (χ4v) is 3.69. The van der Waals surface area contributed by atoms with Crippen LogP contribution in [-0.4, -0.2) is 15.3 Å². The SMILES string of the molecule is Cc1ccn2c3c(nc2c1)CCC(C(=O)NC(C)c1ccccc1)C3. The van der Waals surface area contributed by atoms with E-state index in [1.807, 2.05) is 25.1 Å². The molecule has 1 aliphatic carbocycles. The number of imidazole rings is 1. The highest BCUT2D eigenvalue weighted by Gasteiger charge is 2.28. The van der Waals surface area contributed by atoms with Crippen LogP contribution in [0.4, 0.5) is 0 Å². The number of nitrogens with zero attached hydrogens (tertiary/aromatic N) is 2. The lowest BCUT2D eigenvalue weighted by Gasteiger charge is -2.23. The third-order valence-electron chi connectivity index (χ3n) is 5.16. The summed E-state index contributed by atoms with van der Waals surface area (Å²) >= 11 is 0. The van der Waals surface area contributed by atoms with Gasteiger partial charge in [0, 0.05) is 24.2 Å². The van der Waals surface area contributed by atoms with Gasteiger partial charge in [0.15, 0.2) is 0 Å². The molecule has 1 amide bonds. The summed E-state index contributed by atoms with van der Waals surface area (Å²) in [7, 11) is 0. The highest BCUT2D eigenvalue weighted by molar-refractivity contribution is 5.79. The number of benzene rings is 1. The molecule has 0 saturated heterocycles. The molecule has 4 nitrogen and oxygen atoms in total. The van der Waals surface area contributed by atoms with Gasteiger partial charge in [-0.2, -0.15) is 0 Å². The Labute approximate surface area is 147 Å². The summed E-state index contributed by atoms with van der Waals surface area (Å²) in [6.07, 6.45) is 4.56. The van der Waals surface area contributed by atoms with Crippen LogP contribution in [-0.2, 0) is 17.6 Å². The molecule has 4 rings (SSSR count). The second kappa shape index (κ2) is 6.36. The molecule has 0 radical (unpaired) electrons. The molecule has 3 aromatic rings. The van der Waals surface area contributed by atoms with Crippen molar-refractivity contribution >= 4 is 11.6 Å². The average molecular weight is 333 g/mol. The summed E-state index contributed by atoms with van der Waals surface area (Å²) in [5.41, 5.74) is 5.67. The molecular formula is C21H23N3O. The van der Waals surface area contributed by atoms with Crippen molar-refractivity contribution in [2.75, 3.05) is 0 Å². The van der Waals surface area contributed by atoms with Crippen LogP contribution in [0.15, 0.2) is 48.7 Å². The maximum atomic E-state index is 12.8. The van der Waals surface area contributed by atoms with Crippen molar-refractivity contribution in [2.45, 2.75) is 39.2 Å². The minimum absolute atomic E-state index is 0.0138. The van der Waals surface area contributed by atoms with Gasteiger partial charge in [-0.15, -0.1) is 0 Å². The summed E-state index contributed by atoms with van der Waals surface area (Å²) in [5.74, 6) is 0.156. The van der Waals surface area contributed by atoms with Crippen molar-refractivity contribution < 1.29 is 4.79 Å². The zero-order valence-electron chi connectivity index (χ0n) is 14.7. The van der Waals surface area contributed by atoms with Crippen LogP contribution >= 0.6 is 0 Å². The smallest absolute Gasteiger partial charge is 0.223 e. The van der Waals surface area contributed by atoms with Crippen molar-refractivity contribution in [1.82, 2.24) is 14.7 Å². The van der Waals surface area contributed by atoms with Gasteiger partial charge in [-0.25, -0.2) is 4.98 Å². The zero-order chi connectivity index (χ0) is 17.4. The number of carbonyl (C=O) groups excluding carboxylic acids is 1. The van der Waals surface area contributed by atoms with Crippen LogP contribution in [0.2, 0.25) is 0 Å². The van der Waals surface area contributed by atoms with Gasteiger partial charge < -0.3 is 9.72 Å². The number of amides is 1. The summed E-state index contributed by atoms with van der Waals surface area (Å²) in [6, 6.07) is 14.3. The molecule has 0 bridgehead atoms. The van der Waals surface area contributed by atoms with E-state index in [9.17, 15) is 4.79 Å². The van der Waals surface area contributed by atoms with E-state index in [2.05, 4.69) is 47.1 Å². The Morgan fingerprint density at radius 3 is 2.88 bits per heavy atom. The third-order valence-corrected chi connectivity index (χ3v) is 5.16. The molecule has 2 aromatic heterocycles. The van der Waals surface area contributed by atoms with Crippen LogP contribution in [0.3, 0.4) is 0 Å². The molecule has 1 N–H and O–H groups in total. The van der Waals surface area contributed by atoms with Gasteiger partial charge in [0.2, 0.25) is 5.91 Å². The summed E-state index contributed by atoms with van der Waals surface area (Å²) in [4.78, 5) is 17.5. The van der Waals surface area contributed by atoms with Gasteiger partial charge in [0.25, 0.3) is 0 Å². The molecule has 0 spiro atoms. The Morgan fingerprint density at radius 1 is 1.28 bits per heavy atom. The van der Waals surface area contributed by atoms with E-state index in [4.69, 9.17) is 4.98 Å². The lowest BCUT2D eigenvalue weighted by atomic mass is 9.88. The maximum Gasteiger partial charge on any atom is 0.223 e. The van der Waals surface area contributed by atoms with Crippen molar-refractivity contribution in [3.05, 3.63) is 71.2 Å². The maximum absolute atomic E-state index is 12.8. The average Bonchev–Trinajstić information content (AvgIpc) is 2.98. The number of hydrogen-bond donors (Lipinski definition) is 1. The molecule has 1 aromatic carbocycles. The third kappa shape index (κ3) is 3.04. The largest absolute Gasteiger partial charge is 0.349 e. The summed E-state index contributed by atoms with van der Waals surface area (Å²) < 4.78 is 2.14. The number of fused-ring (bicyclic) bond motifs is 3. The number of pyridine rings is 1. The Kier molecular flexibility index (Phi) is 4.04. The first-order chi connectivity index (χ1) is 12.1. The van der Waals surface area contributed by atoms with Crippen LogP contribution < -0.4 is 5.32 Å². The predicted octanol–water partition coefficient (Wildman–Crippen LogP) is 3.63. The van der Waals surface area contributed by atoms with Crippen LogP contribution in [0.5, 0.6) is 0 Å². The van der Waals surface area contributed by atoms with Gasteiger partial charge in [0.1, 0.15) is 5.65 Å². The number of hydrogen-bond acceptors (Lipinski definition) is 2. The fourth-order valence-electron chi connectivity index (χ4n) is 3.69. The van der Waals surface area contributed by atoms with Gasteiger partial charge in [-0.1, -0.05) is 30.3 Å². The quantitative estimate of drug-likeness (QED) is 0.796.